The van der Waals surface area contributed by atoms with Gasteiger partial charge in [-0.3, -0.25) is 0 Å². The molecule has 17 heavy (non-hydrogen) atoms. The standard InChI is InChI=1S/C8H8F4N2O2S/c9-5-2-1-3-6(13)7(5)17(15,16)14-4-8(10,11)12/h1-3,14H,4,13H2. The van der Waals surface area contributed by atoms with Crippen LogP contribution in [0.3, 0.4) is 0 Å². The Morgan fingerprint density at radius 3 is 2.35 bits per heavy atom. The first kappa shape index (κ1) is 13.7. The molecule has 0 fully saturated rings. The minimum Gasteiger partial charge on any atom is -0.398 e. The van der Waals surface area contributed by atoms with E-state index in [9.17, 15) is 26.0 Å². The Morgan fingerprint density at radius 2 is 1.88 bits per heavy atom. The van der Waals surface area contributed by atoms with E-state index in [-0.39, 0.29) is 0 Å². The number of anilines is 1. The summed E-state index contributed by atoms with van der Waals surface area (Å²) in [7, 11) is -4.62. The van der Waals surface area contributed by atoms with E-state index >= 15 is 0 Å². The number of benzene rings is 1. The molecule has 0 spiro atoms. The molecule has 1 aromatic carbocycles. The summed E-state index contributed by atoms with van der Waals surface area (Å²) < 4.78 is 72.7. The predicted octanol–water partition coefficient (Wildman–Crippen LogP) is 1.25. The summed E-state index contributed by atoms with van der Waals surface area (Å²) in [4.78, 5) is -0.982. The number of alkyl halides is 3. The van der Waals surface area contributed by atoms with Gasteiger partial charge in [-0.05, 0) is 12.1 Å². The fourth-order valence-electron chi connectivity index (χ4n) is 1.06. The average Bonchev–Trinajstić information content (AvgIpc) is 2.13. The molecule has 0 atom stereocenters. The van der Waals surface area contributed by atoms with Crippen molar-refractivity contribution in [2.45, 2.75) is 11.1 Å². The molecule has 0 bridgehead atoms. The van der Waals surface area contributed by atoms with Crippen molar-refractivity contribution in [2.75, 3.05) is 12.3 Å². The molecule has 0 unspecified atom stereocenters. The Labute approximate surface area is 94.5 Å². The summed E-state index contributed by atoms with van der Waals surface area (Å²) in [6.45, 7) is -1.79. The summed E-state index contributed by atoms with van der Waals surface area (Å²) >= 11 is 0. The summed E-state index contributed by atoms with van der Waals surface area (Å²) in [5.74, 6) is -1.21. The highest BCUT2D eigenvalue weighted by Crippen LogP contribution is 2.22. The lowest BCUT2D eigenvalue weighted by Crippen LogP contribution is -2.34. The minimum atomic E-state index is -4.73. The van der Waals surface area contributed by atoms with Crippen molar-refractivity contribution in [1.82, 2.24) is 4.72 Å². The van der Waals surface area contributed by atoms with Gasteiger partial charge in [-0.15, -0.1) is 0 Å². The Bertz CT molecular complexity index is 492. The predicted molar refractivity (Wildman–Crippen MR) is 52.1 cm³/mol. The van der Waals surface area contributed by atoms with Crippen molar-refractivity contribution in [3.05, 3.63) is 24.0 Å². The van der Waals surface area contributed by atoms with E-state index in [0.717, 1.165) is 18.2 Å². The first-order valence-corrected chi connectivity index (χ1v) is 5.72. The van der Waals surface area contributed by atoms with Crippen LogP contribution in [0.2, 0.25) is 0 Å². The monoisotopic (exact) mass is 272 g/mol. The lowest BCUT2D eigenvalue weighted by atomic mass is 10.3. The highest BCUT2D eigenvalue weighted by atomic mass is 32.2. The van der Waals surface area contributed by atoms with Gasteiger partial charge in [0.2, 0.25) is 10.0 Å². The number of nitrogens with one attached hydrogen (secondary N) is 1. The van der Waals surface area contributed by atoms with Crippen LogP contribution in [-0.4, -0.2) is 21.1 Å². The molecule has 0 aliphatic carbocycles. The van der Waals surface area contributed by atoms with Gasteiger partial charge < -0.3 is 5.73 Å². The quantitative estimate of drug-likeness (QED) is 0.642. The zero-order valence-corrected chi connectivity index (χ0v) is 9.07. The van der Waals surface area contributed by atoms with Gasteiger partial charge >= 0.3 is 6.18 Å². The van der Waals surface area contributed by atoms with Crippen LogP contribution >= 0.6 is 0 Å². The first-order valence-electron chi connectivity index (χ1n) is 4.24. The fraction of sp³-hybridized carbons (Fsp3) is 0.250. The maximum atomic E-state index is 13.2. The molecule has 0 radical (unpaired) electrons. The number of halogens is 4. The van der Waals surface area contributed by atoms with Crippen LogP contribution in [0.1, 0.15) is 0 Å². The summed E-state index contributed by atoms with van der Waals surface area (Å²) in [6, 6.07) is 3.01. The molecule has 9 heteroatoms. The van der Waals surface area contributed by atoms with Crippen LogP contribution in [0, 0.1) is 5.82 Å². The number of rotatable bonds is 3. The van der Waals surface area contributed by atoms with Crippen LogP contribution in [0.5, 0.6) is 0 Å². The third-order valence-corrected chi connectivity index (χ3v) is 3.22. The Morgan fingerprint density at radius 1 is 1.29 bits per heavy atom. The SMILES string of the molecule is Nc1cccc(F)c1S(=O)(=O)NCC(F)(F)F. The smallest absolute Gasteiger partial charge is 0.398 e. The lowest BCUT2D eigenvalue weighted by Gasteiger charge is -2.11. The van der Waals surface area contributed by atoms with Crippen LogP contribution in [0.25, 0.3) is 0 Å². The van der Waals surface area contributed by atoms with Crippen LogP contribution < -0.4 is 10.5 Å². The molecule has 0 saturated heterocycles. The van der Waals surface area contributed by atoms with Crippen molar-refractivity contribution in [2.24, 2.45) is 0 Å². The number of nitrogens with two attached hydrogens (primary N) is 1. The number of nitrogen functional groups attached to an aromatic ring is 1. The van der Waals surface area contributed by atoms with E-state index in [4.69, 9.17) is 5.73 Å². The maximum Gasteiger partial charge on any atom is 0.402 e. The summed E-state index contributed by atoms with van der Waals surface area (Å²) in [5, 5.41) is 0. The molecule has 1 rings (SSSR count). The highest BCUT2D eigenvalue weighted by Gasteiger charge is 2.31. The van der Waals surface area contributed by atoms with Crippen molar-refractivity contribution in [1.29, 1.82) is 0 Å². The van der Waals surface area contributed by atoms with Crippen LogP contribution in [-0.2, 0) is 10.0 Å². The van der Waals surface area contributed by atoms with Gasteiger partial charge in [0.05, 0.1) is 5.69 Å². The van der Waals surface area contributed by atoms with Gasteiger partial charge in [0.1, 0.15) is 17.3 Å². The third kappa shape index (κ3) is 3.56. The van der Waals surface area contributed by atoms with E-state index in [1.165, 1.54) is 4.72 Å². The second kappa shape index (κ2) is 4.49. The van der Waals surface area contributed by atoms with E-state index in [2.05, 4.69) is 0 Å². The first-order chi connectivity index (χ1) is 7.63. The number of hydrogen-bond acceptors (Lipinski definition) is 3. The molecular weight excluding hydrogens is 264 g/mol. The highest BCUT2D eigenvalue weighted by molar-refractivity contribution is 7.89. The van der Waals surface area contributed by atoms with Crippen LogP contribution in [0.15, 0.2) is 23.1 Å². The lowest BCUT2D eigenvalue weighted by molar-refractivity contribution is -0.121. The van der Waals surface area contributed by atoms with Crippen molar-refractivity contribution >= 4 is 15.7 Å². The molecule has 3 N–H and O–H groups in total. The summed E-state index contributed by atoms with van der Waals surface area (Å²) in [6.07, 6.45) is -4.73. The van der Waals surface area contributed by atoms with Crippen molar-refractivity contribution in [3.63, 3.8) is 0 Å². The second-order valence-corrected chi connectivity index (χ2v) is 4.80. The van der Waals surface area contributed by atoms with Gasteiger partial charge in [-0.25, -0.2) is 17.5 Å². The van der Waals surface area contributed by atoms with Gasteiger partial charge in [-0.2, -0.15) is 13.2 Å². The van der Waals surface area contributed by atoms with E-state index in [1.54, 1.807) is 0 Å². The molecule has 4 nitrogen and oxygen atoms in total. The molecule has 0 aromatic heterocycles. The van der Waals surface area contributed by atoms with E-state index < -0.39 is 39.1 Å². The zero-order valence-electron chi connectivity index (χ0n) is 8.25. The largest absolute Gasteiger partial charge is 0.402 e. The second-order valence-electron chi connectivity index (χ2n) is 3.10. The summed E-state index contributed by atoms with van der Waals surface area (Å²) in [5.41, 5.74) is 4.75. The van der Waals surface area contributed by atoms with Gasteiger partial charge in [-0.1, -0.05) is 6.07 Å². The molecule has 0 aliphatic rings. The fourth-order valence-corrected chi connectivity index (χ4v) is 2.26. The molecule has 96 valence electrons. The maximum absolute atomic E-state index is 13.2. The Balaban J connectivity index is 3.06. The van der Waals surface area contributed by atoms with Gasteiger partial charge in [0, 0.05) is 0 Å². The van der Waals surface area contributed by atoms with Crippen LogP contribution in [0.4, 0.5) is 23.2 Å². The number of hydrogen-bond donors (Lipinski definition) is 2. The molecular formula is C8H8F4N2O2S. The molecule has 0 amide bonds. The molecule has 0 saturated carbocycles. The van der Waals surface area contributed by atoms with Crippen molar-refractivity contribution < 1.29 is 26.0 Å². The Kier molecular flexibility index (Phi) is 3.62. The van der Waals surface area contributed by atoms with Crippen molar-refractivity contribution in [3.8, 4) is 0 Å². The molecule has 1 aromatic rings. The van der Waals surface area contributed by atoms with Gasteiger partial charge in [0.15, 0.2) is 0 Å². The topological polar surface area (TPSA) is 72.2 Å². The van der Waals surface area contributed by atoms with Gasteiger partial charge in [0.25, 0.3) is 0 Å². The number of sulfonamides is 1. The third-order valence-electron chi connectivity index (χ3n) is 1.73. The average molecular weight is 272 g/mol. The van der Waals surface area contributed by atoms with E-state index in [0.29, 0.717) is 0 Å². The van der Waals surface area contributed by atoms with E-state index in [1.807, 2.05) is 0 Å². The normalized spacial score (nSPS) is 12.7. The Hall–Kier alpha value is -1.35. The zero-order chi connectivity index (χ0) is 13.3. The molecule has 0 aliphatic heterocycles. The minimum absolute atomic E-state index is 0.459. The molecule has 0 heterocycles.